The molecule has 0 saturated carbocycles. The Balaban J connectivity index is 2.21. The lowest BCUT2D eigenvalue weighted by molar-refractivity contribution is 0.0995. The van der Waals surface area contributed by atoms with Crippen molar-refractivity contribution >= 4 is 5.91 Å². The Morgan fingerprint density at radius 2 is 1.86 bits per heavy atom. The standard InChI is InChI=1S/C18H21NO2/c1-3-5-15-6-4-7-16(17(15)18(19)20)21-12-14-10-8-13(2)9-11-14/h4,6-11H,3,5,12H2,1-2H3,(H2,19,20). The summed E-state index contributed by atoms with van der Waals surface area (Å²) in [5.41, 5.74) is 9.25. The molecule has 0 radical (unpaired) electrons. The fourth-order valence-electron chi connectivity index (χ4n) is 2.30. The van der Waals surface area contributed by atoms with Gasteiger partial charge in [-0.25, -0.2) is 0 Å². The number of aryl methyl sites for hydroxylation is 2. The van der Waals surface area contributed by atoms with Gasteiger partial charge in [-0.2, -0.15) is 0 Å². The van der Waals surface area contributed by atoms with Gasteiger partial charge in [0, 0.05) is 0 Å². The van der Waals surface area contributed by atoms with Crippen LogP contribution in [0.15, 0.2) is 42.5 Å². The van der Waals surface area contributed by atoms with E-state index < -0.39 is 5.91 Å². The maximum Gasteiger partial charge on any atom is 0.252 e. The molecule has 2 N–H and O–H groups in total. The average molecular weight is 283 g/mol. The van der Waals surface area contributed by atoms with E-state index in [0.717, 1.165) is 24.0 Å². The van der Waals surface area contributed by atoms with Crippen LogP contribution in [0.25, 0.3) is 0 Å². The van der Waals surface area contributed by atoms with Crippen LogP contribution in [0.4, 0.5) is 0 Å². The Hall–Kier alpha value is -2.29. The highest BCUT2D eigenvalue weighted by Crippen LogP contribution is 2.24. The molecule has 2 aromatic carbocycles. The van der Waals surface area contributed by atoms with Gasteiger partial charge in [-0.3, -0.25) is 4.79 Å². The summed E-state index contributed by atoms with van der Waals surface area (Å²) in [5.74, 6) is 0.131. The number of hydrogen-bond acceptors (Lipinski definition) is 2. The molecule has 0 aliphatic carbocycles. The molecule has 0 bridgehead atoms. The number of primary amides is 1. The van der Waals surface area contributed by atoms with Crippen molar-refractivity contribution in [1.29, 1.82) is 0 Å². The van der Waals surface area contributed by atoms with E-state index in [-0.39, 0.29) is 0 Å². The molecule has 3 nitrogen and oxygen atoms in total. The van der Waals surface area contributed by atoms with Crippen molar-refractivity contribution in [1.82, 2.24) is 0 Å². The molecular weight excluding hydrogens is 262 g/mol. The summed E-state index contributed by atoms with van der Waals surface area (Å²) < 4.78 is 5.81. The molecule has 0 unspecified atom stereocenters. The summed E-state index contributed by atoms with van der Waals surface area (Å²) in [6, 6.07) is 13.8. The minimum absolute atomic E-state index is 0.427. The van der Waals surface area contributed by atoms with Crippen LogP contribution >= 0.6 is 0 Å². The second kappa shape index (κ2) is 6.93. The minimum atomic E-state index is -0.432. The third-order valence-electron chi connectivity index (χ3n) is 3.39. The van der Waals surface area contributed by atoms with Crippen LogP contribution in [-0.2, 0) is 13.0 Å². The Kier molecular flexibility index (Phi) is 4.99. The second-order valence-corrected chi connectivity index (χ2v) is 5.18. The fraction of sp³-hybridized carbons (Fsp3) is 0.278. The van der Waals surface area contributed by atoms with Gasteiger partial charge < -0.3 is 10.5 Å². The summed E-state index contributed by atoms with van der Waals surface area (Å²) in [6.07, 6.45) is 1.78. The molecule has 0 aromatic heterocycles. The average Bonchev–Trinajstić information content (AvgIpc) is 2.47. The maximum absolute atomic E-state index is 11.7. The number of ether oxygens (including phenoxy) is 1. The zero-order valence-electron chi connectivity index (χ0n) is 12.6. The van der Waals surface area contributed by atoms with Gasteiger partial charge in [-0.1, -0.05) is 55.3 Å². The molecule has 110 valence electrons. The van der Waals surface area contributed by atoms with Gasteiger partial charge in [-0.05, 0) is 30.5 Å². The number of carbonyl (C=O) groups is 1. The van der Waals surface area contributed by atoms with Crippen molar-refractivity contribution in [3.8, 4) is 5.75 Å². The van der Waals surface area contributed by atoms with Crippen molar-refractivity contribution in [2.24, 2.45) is 5.73 Å². The third-order valence-corrected chi connectivity index (χ3v) is 3.39. The number of hydrogen-bond donors (Lipinski definition) is 1. The predicted octanol–water partition coefficient (Wildman–Crippen LogP) is 3.63. The van der Waals surface area contributed by atoms with E-state index in [2.05, 4.69) is 6.92 Å². The third kappa shape index (κ3) is 3.85. The topological polar surface area (TPSA) is 52.3 Å². The molecule has 0 atom stereocenters. The van der Waals surface area contributed by atoms with Crippen LogP contribution in [0.1, 0.15) is 40.4 Å². The summed E-state index contributed by atoms with van der Waals surface area (Å²) in [5, 5.41) is 0. The first kappa shape index (κ1) is 15.1. The molecule has 2 aromatic rings. The van der Waals surface area contributed by atoms with Gasteiger partial charge in [0.15, 0.2) is 0 Å². The lowest BCUT2D eigenvalue weighted by Gasteiger charge is -2.13. The summed E-state index contributed by atoms with van der Waals surface area (Å²) in [7, 11) is 0. The van der Waals surface area contributed by atoms with Gasteiger partial charge in [0.1, 0.15) is 12.4 Å². The lowest BCUT2D eigenvalue weighted by Crippen LogP contribution is -2.16. The predicted molar refractivity (Wildman–Crippen MR) is 84.5 cm³/mol. The van der Waals surface area contributed by atoms with E-state index in [1.807, 2.05) is 43.3 Å². The van der Waals surface area contributed by atoms with Crippen LogP contribution in [0, 0.1) is 6.92 Å². The van der Waals surface area contributed by atoms with Gasteiger partial charge in [0.05, 0.1) is 5.56 Å². The van der Waals surface area contributed by atoms with Crippen molar-refractivity contribution in [2.45, 2.75) is 33.3 Å². The highest BCUT2D eigenvalue weighted by Gasteiger charge is 2.14. The van der Waals surface area contributed by atoms with Gasteiger partial charge in [0.2, 0.25) is 0 Å². The van der Waals surface area contributed by atoms with E-state index in [1.165, 1.54) is 5.56 Å². The number of amides is 1. The first-order valence-electron chi connectivity index (χ1n) is 7.22. The molecule has 1 amide bonds. The zero-order valence-corrected chi connectivity index (χ0v) is 12.6. The minimum Gasteiger partial charge on any atom is -0.488 e. The molecular formula is C18H21NO2. The van der Waals surface area contributed by atoms with Crippen molar-refractivity contribution in [3.05, 3.63) is 64.7 Å². The molecule has 0 saturated heterocycles. The first-order chi connectivity index (χ1) is 10.1. The largest absolute Gasteiger partial charge is 0.488 e. The van der Waals surface area contributed by atoms with E-state index in [9.17, 15) is 4.79 Å². The number of rotatable bonds is 6. The van der Waals surface area contributed by atoms with Crippen LogP contribution in [-0.4, -0.2) is 5.91 Å². The smallest absolute Gasteiger partial charge is 0.252 e. The summed E-state index contributed by atoms with van der Waals surface area (Å²) >= 11 is 0. The summed E-state index contributed by atoms with van der Waals surface area (Å²) in [4.78, 5) is 11.7. The number of carbonyl (C=O) groups excluding carboxylic acids is 1. The number of nitrogens with two attached hydrogens (primary N) is 1. The maximum atomic E-state index is 11.7. The van der Waals surface area contributed by atoms with Gasteiger partial charge >= 0.3 is 0 Å². The molecule has 0 aliphatic rings. The van der Waals surface area contributed by atoms with Crippen LogP contribution in [0.3, 0.4) is 0 Å². The summed E-state index contributed by atoms with van der Waals surface area (Å²) in [6.45, 7) is 4.55. The molecule has 0 heterocycles. The molecule has 21 heavy (non-hydrogen) atoms. The highest BCUT2D eigenvalue weighted by molar-refractivity contribution is 5.97. The molecule has 0 spiro atoms. The van der Waals surface area contributed by atoms with Crippen LogP contribution in [0.2, 0.25) is 0 Å². The zero-order chi connectivity index (χ0) is 15.2. The first-order valence-corrected chi connectivity index (χ1v) is 7.22. The van der Waals surface area contributed by atoms with Crippen LogP contribution in [0.5, 0.6) is 5.75 Å². The van der Waals surface area contributed by atoms with Gasteiger partial charge in [-0.15, -0.1) is 0 Å². The fourth-order valence-corrected chi connectivity index (χ4v) is 2.30. The van der Waals surface area contributed by atoms with Crippen LogP contribution < -0.4 is 10.5 Å². The quantitative estimate of drug-likeness (QED) is 0.880. The van der Waals surface area contributed by atoms with E-state index in [0.29, 0.717) is 17.9 Å². The van der Waals surface area contributed by atoms with E-state index in [1.54, 1.807) is 6.07 Å². The number of benzene rings is 2. The van der Waals surface area contributed by atoms with Crippen molar-refractivity contribution in [3.63, 3.8) is 0 Å². The molecule has 3 heteroatoms. The Morgan fingerprint density at radius 3 is 2.48 bits per heavy atom. The Labute approximate surface area is 125 Å². The Morgan fingerprint density at radius 1 is 1.14 bits per heavy atom. The van der Waals surface area contributed by atoms with Crippen molar-refractivity contribution < 1.29 is 9.53 Å². The lowest BCUT2D eigenvalue weighted by atomic mass is 10.0. The Bertz CT molecular complexity index is 618. The normalized spacial score (nSPS) is 10.4. The monoisotopic (exact) mass is 283 g/mol. The van der Waals surface area contributed by atoms with Gasteiger partial charge in [0.25, 0.3) is 5.91 Å². The van der Waals surface area contributed by atoms with E-state index in [4.69, 9.17) is 10.5 Å². The molecule has 0 fully saturated rings. The van der Waals surface area contributed by atoms with E-state index >= 15 is 0 Å². The highest BCUT2D eigenvalue weighted by atomic mass is 16.5. The van der Waals surface area contributed by atoms with Crippen molar-refractivity contribution in [2.75, 3.05) is 0 Å². The second-order valence-electron chi connectivity index (χ2n) is 5.18. The molecule has 0 aliphatic heterocycles. The molecule has 2 rings (SSSR count). The SMILES string of the molecule is CCCc1cccc(OCc2ccc(C)cc2)c1C(N)=O.